The van der Waals surface area contributed by atoms with Crippen LogP contribution in [0.2, 0.25) is 0 Å². The number of ether oxygens (including phenoxy) is 1. The molecule has 4 aliphatic rings. The summed E-state index contributed by atoms with van der Waals surface area (Å²) in [6.07, 6.45) is 2.05. The Bertz CT molecular complexity index is 1180. The third-order valence-corrected chi connectivity index (χ3v) is 9.40. The molecule has 0 spiro atoms. The van der Waals surface area contributed by atoms with Crippen molar-refractivity contribution in [3.63, 3.8) is 0 Å². The molecule has 10 heteroatoms. The summed E-state index contributed by atoms with van der Waals surface area (Å²) in [5.74, 6) is -4.84. The van der Waals surface area contributed by atoms with Crippen molar-refractivity contribution in [2.24, 2.45) is 17.8 Å². The molecule has 0 aromatic heterocycles. The molecule has 34 heavy (non-hydrogen) atoms. The van der Waals surface area contributed by atoms with Crippen LogP contribution >= 0.6 is 23.2 Å². The number of likely N-dealkylation sites (tertiary alicyclic amines) is 2. The number of para-hydroxylation sites is 1. The van der Waals surface area contributed by atoms with Crippen LogP contribution in [-0.4, -0.2) is 69.0 Å². The Morgan fingerprint density at radius 2 is 1.82 bits per heavy atom. The van der Waals surface area contributed by atoms with Crippen LogP contribution < -0.4 is 4.74 Å². The summed E-state index contributed by atoms with van der Waals surface area (Å²) in [5.41, 5.74) is 0.904. The Kier molecular flexibility index (Phi) is 5.08. The topological polar surface area (TPSA) is 104 Å². The Hall–Kier alpha value is -2.58. The average molecular weight is 507 g/mol. The predicted octanol–water partition coefficient (Wildman–Crippen LogP) is 2.41. The second-order valence-corrected chi connectivity index (χ2v) is 10.6. The fraction of sp³-hybridized carbons (Fsp3) is 0.500. The molecule has 1 aromatic rings. The zero-order valence-electron chi connectivity index (χ0n) is 18.9. The highest BCUT2D eigenvalue weighted by atomic mass is 35.5. The second-order valence-electron chi connectivity index (χ2n) is 9.32. The molecule has 2 saturated heterocycles. The van der Waals surface area contributed by atoms with Crippen LogP contribution in [0, 0.1) is 17.8 Å². The lowest BCUT2D eigenvalue weighted by atomic mass is 9.56. The molecule has 1 N–H and O–H groups in total. The van der Waals surface area contributed by atoms with E-state index in [9.17, 15) is 24.3 Å². The zero-order chi connectivity index (χ0) is 24.7. The summed E-state index contributed by atoms with van der Waals surface area (Å²) in [4.78, 5) is 51.3. The number of phenolic OH excluding ortho intramolecular Hbond substituents is 1. The quantitative estimate of drug-likeness (QED) is 0.383. The van der Waals surface area contributed by atoms with E-state index in [-0.39, 0.29) is 41.8 Å². The molecule has 1 saturated carbocycles. The molecule has 1 aromatic carbocycles. The van der Waals surface area contributed by atoms with Crippen molar-refractivity contribution in [2.45, 2.75) is 35.4 Å². The molecule has 0 bridgehead atoms. The monoisotopic (exact) mass is 506 g/mol. The summed E-state index contributed by atoms with van der Waals surface area (Å²) >= 11 is 14.1. The van der Waals surface area contributed by atoms with E-state index in [0.717, 1.165) is 4.90 Å². The van der Waals surface area contributed by atoms with E-state index in [1.807, 2.05) is 6.08 Å². The fourth-order valence-corrected chi connectivity index (χ4v) is 7.41. The molecule has 2 aliphatic carbocycles. The number of carbonyl (C=O) groups excluding carboxylic acids is 4. The molecule has 0 unspecified atom stereocenters. The number of rotatable bonds is 3. The van der Waals surface area contributed by atoms with E-state index in [4.69, 9.17) is 27.9 Å². The van der Waals surface area contributed by atoms with Gasteiger partial charge in [0.25, 0.3) is 11.8 Å². The van der Waals surface area contributed by atoms with E-state index >= 15 is 0 Å². The number of aromatic hydroxyl groups is 1. The number of phenols is 1. The number of halogens is 2. The smallest absolute Gasteiger partial charge is 0.253 e. The largest absolute Gasteiger partial charge is 0.504 e. The molecule has 5 rings (SSSR count). The molecule has 6 atom stereocenters. The van der Waals surface area contributed by atoms with Crippen molar-refractivity contribution in [1.29, 1.82) is 0 Å². The third-order valence-electron chi connectivity index (χ3n) is 7.98. The minimum Gasteiger partial charge on any atom is -0.504 e. The van der Waals surface area contributed by atoms with Crippen molar-refractivity contribution in [3.05, 3.63) is 35.4 Å². The van der Waals surface area contributed by atoms with Crippen molar-refractivity contribution >= 4 is 46.8 Å². The molecule has 2 heterocycles. The molecule has 4 amide bonds. The first kappa shape index (κ1) is 23.2. The predicted molar refractivity (Wildman–Crippen MR) is 123 cm³/mol. The third kappa shape index (κ3) is 2.56. The number of benzene rings is 1. The summed E-state index contributed by atoms with van der Waals surface area (Å²) in [7, 11) is 2.72. The van der Waals surface area contributed by atoms with Gasteiger partial charge in [-0.15, -0.1) is 23.2 Å². The highest BCUT2D eigenvalue weighted by Gasteiger charge is 2.76. The summed E-state index contributed by atoms with van der Waals surface area (Å²) in [5, 5.41) is 11.0. The minimum atomic E-state index is -1.94. The van der Waals surface area contributed by atoms with E-state index in [1.54, 1.807) is 25.1 Å². The van der Waals surface area contributed by atoms with Gasteiger partial charge in [-0.2, -0.15) is 0 Å². The number of methoxy groups -OCH3 is 1. The molecule has 0 radical (unpaired) electrons. The van der Waals surface area contributed by atoms with E-state index in [0.29, 0.717) is 12.0 Å². The summed E-state index contributed by atoms with van der Waals surface area (Å²) in [6, 6.07) is 4.81. The first-order valence-electron chi connectivity index (χ1n) is 11.2. The van der Waals surface area contributed by atoms with Crippen LogP contribution in [-0.2, 0) is 19.2 Å². The van der Waals surface area contributed by atoms with Crippen LogP contribution in [0.1, 0.15) is 31.2 Å². The molecular formula is C24H24Cl2N2O6. The number of imide groups is 2. The SMILES string of the molecule is CCN1C(=O)[C@H]2[C@H](CC=C3[C@H]2C[C@@]2(Cl)C(=O)N(C)C(=O)[C@@]2(Cl)[C@H]3c2cccc(OC)c2O)C1=O. The lowest BCUT2D eigenvalue weighted by Gasteiger charge is -2.50. The number of alkyl halides is 2. The van der Waals surface area contributed by atoms with Crippen molar-refractivity contribution in [3.8, 4) is 11.5 Å². The Labute approximate surface area is 206 Å². The van der Waals surface area contributed by atoms with Gasteiger partial charge < -0.3 is 9.84 Å². The summed E-state index contributed by atoms with van der Waals surface area (Å²) in [6.45, 7) is 1.98. The van der Waals surface area contributed by atoms with Crippen LogP contribution in [0.25, 0.3) is 0 Å². The number of carbonyl (C=O) groups is 4. The number of allylic oxidation sites excluding steroid dienone is 2. The Morgan fingerprint density at radius 1 is 1.12 bits per heavy atom. The number of fused-ring (bicyclic) bond motifs is 4. The van der Waals surface area contributed by atoms with Crippen LogP contribution in [0.15, 0.2) is 29.8 Å². The van der Waals surface area contributed by atoms with Crippen LogP contribution in [0.3, 0.4) is 0 Å². The van der Waals surface area contributed by atoms with Crippen molar-refractivity contribution in [2.75, 3.05) is 20.7 Å². The lowest BCUT2D eigenvalue weighted by molar-refractivity contribution is -0.141. The van der Waals surface area contributed by atoms with Crippen LogP contribution in [0.5, 0.6) is 11.5 Å². The molecule has 3 fully saturated rings. The maximum absolute atomic E-state index is 13.5. The molecule has 2 aliphatic heterocycles. The van der Waals surface area contributed by atoms with E-state index < -0.39 is 45.2 Å². The van der Waals surface area contributed by atoms with Gasteiger partial charge >= 0.3 is 0 Å². The Morgan fingerprint density at radius 3 is 2.47 bits per heavy atom. The van der Waals surface area contributed by atoms with Crippen molar-refractivity contribution in [1.82, 2.24) is 9.80 Å². The Balaban J connectivity index is 1.76. The highest BCUT2D eigenvalue weighted by molar-refractivity contribution is 6.53. The van der Waals surface area contributed by atoms with Crippen molar-refractivity contribution < 1.29 is 29.0 Å². The van der Waals surface area contributed by atoms with E-state index in [2.05, 4.69) is 0 Å². The normalized spacial score (nSPS) is 36.9. The van der Waals surface area contributed by atoms with Gasteiger partial charge in [-0.25, -0.2) is 0 Å². The van der Waals surface area contributed by atoms with Gasteiger partial charge in [-0.1, -0.05) is 23.8 Å². The minimum absolute atomic E-state index is 0.0717. The first-order valence-corrected chi connectivity index (χ1v) is 11.9. The van der Waals surface area contributed by atoms with E-state index in [1.165, 1.54) is 19.1 Å². The van der Waals surface area contributed by atoms with Gasteiger partial charge in [-0.05, 0) is 31.7 Å². The van der Waals surface area contributed by atoms with Gasteiger partial charge in [0.05, 0.1) is 18.9 Å². The maximum atomic E-state index is 13.5. The van der Waals surface area contributed by atoms with Gasteiger partial charge in [0.1, 0.15) is 0 Å². The van der Waals surface area contributed by atoms with Crippen LogP contribution in [0.4, 0.5) is 0 Å². The molecular weight excluding hydrogens is 483 g/mol. The number of hydrogen-bond acceptors (Lipinski definition) is 6. The number of amides is 4. The fourth-order valence-electron chi connectivity index (χ4n) is 6.40. The molecule has 180 valence electrons. The van der Waals surface area contributed by atoms with Gasteiger partial charge in [0.2, 0.25) is 11.8 Å². The lowest BCUT2D eigenvalue weighted by Crippen LogP contribution is -2.60. The standard InChI is InChI=1S/C24H24Cl2N2O6/c1-4-28-19(30)12-9-8-11-14(16(12)20(28)31)10-23(25)21(32)27(2)22(33)24(23,26)17(11)13-6-5-7-15(34-3)18(13)29/h5-8,12,14,16-17,29H,4,9-10H2,1-3H3/t12-,14+,16-,17+,23+,24-/m0/s1. The van der Waals surface area contributed by atoms with Gasteiger partial charge in [0, 0.05) is 25.1 Å². The van der Waals surface area contributed by atoms with Gasteiger partial charge in [-0.3, -0.25) is 29.0 Å². The average Bonchev–Trinajstić information content (AvgIpc) is 3.14. The first-order chi connectivity index (χ1) is 16.0. The highest BCUT2D eigenvalue weighted by Crippen LogP contribution is 2.66. The number of hydrogen-bond donors (Lipinski definition) is 1. The second kappa shape index (κ2) is 7.46. The van der Waals surface area contributed by atoms with Gasteiger partial charge in [0.15, 0.2) is 21.2 Å². The number of nitrogens with zero attached hydrogens (tertiary/aromatic N) is 2. The summed E-state index contributed by atoms with van der Waals surface area (Å²) < 4.78 is 5.27. The molecule has 8 nitrogen and oxygen atoms in total. The zero-order valence-corrected chi connectivity index (χ0v) is 20.4. The maximum Gasteiger partial charge on any atom is 0.253 e.